The van der Waals surface area contributed by atoms with E-state index in [0.29, 0.717) is 5.92 Å². The summed E-state index contributed by atoms with van der Waals surface area (Å²) in [7, 11) is 1.66. The van der Waals surface area contributed by atoms with Crippen LogP contribution in [0.4, 0.5) is 0 Å². The highest BCUT2D eigenvalue weighted by molar-refractivity contribution is 5.94. The Balaban J connectivity index is 1.46. The molecule has 1 fully saturated rings. The van der Waals surface area contributed by atoms with Crippen LogP contribution in [0.25, 0.3) is 22.2 Å². The Labute approximate surface area is 193 Å². The van der Waals surface area contributed by atoms with E-state index in [4.69, 9.17) is 14.2 Å². The number of aromatic amines is 1. The number of aromatic nitrogens is 4. The molecule has 2 aromatic carbocycles. The van der Waals surface area contributed by atoms with Crippen LogP contribution in [0.15, 0.2) is 42.6 Å². The lowest BCUT2D eigenvalue weighted by Gasteiger charge is -2.18. The molecule has 7 heteroatoms. The molecule has 33 heavy (non-hydrogen) atoms. The lowest BCUT2D eigenvalue weighted by Crippen LogP contribution is -2.09. The largest absolute Gasteiger partial charge is 0.497 e. The third kappa shape index (κ3) is 4.49. The molecule has 4 aromatic rings. The van der Waals surface area contributed by atoms with Crippen molar-refractivity contribution in [3.05, 3.63) is 59.4 Å². The molecule has 0 radical (unpaired) electrons. The van der Waals surface area contributed by atoms with Gasteiger partial charge in [0.25, 0.3) is 0 Å². The third-order valence-electron chi connectivity index (χ3n) is 6.10. The van der Waals surface area contributed by atoms with Gasteiger partial charge in [0, 0.05) is 22.6 Å². The van der Waals surface area contributed by atoms with E-state index < -0.39 is 0 Å². The van der Waals surface area contributed by atoms with Gasteiger partial charge in [-0.25, -0.2) is 0 Å². The first-order chi connectivity index (χ1) is 16.0. The van der Waals surface area contributed by atoms with Crippen molar-refractivity contribution in [3.63, 3.8) is 0 Å². The van der Waals surface area contributed by atoms with Gasteiger partial charge in [-0.05, 0) is 75.4 Å². The van der Waals surface area contributed by atoms with Crippen molar-refractivity contribution >= 4 is 10.9 Å². The Morgan fingerprint density at radius 3 is 2.64 bits per heavy atom. The summed E-state index contributed by atoms with van der Waals surface area (Å²) in [6.07, 6.45) is 4.10. The molecule has 0 unspecified atom stereocenters. The summed E-state index contributed by atoms with van der Waals surface area (Å²) in [4.78, 5) is 0. The summed E-state index contributed by atoms with van der Waals surface area (Å²) in [5.74, 6) is 2.98. The molecule has 0 spiro atoms. The molecule has 7 nitrogen and oxygen atoms in total. The fraction of sp³-hybridized carbons (Fsp3) is 0.346. The average molecular weight is 445 g/mol. The normalized spacial score (nSPS) is 14.3. The second-order valence-corrected chi connectivity index (χ2v) is 8.72. The van der Waals surface area contributed by atoms with Gasteiger partial charge >= 0.3 is 0 Å². The van der Waals surface area contributed by atoms with Gasteiger partial charge < -0.3 is 14.2 Å². The number of nitrogens with zero attached hydrogens (tertiary/aromatic N) is 3. The molecule has 170 valence electrons. The Hall–Kier alpha value is -3.61. The molecule has 1 aliphatic rings. The zero-order chi connectivity index (χ0) is 22.9. The lowest BCUT2D eigenvalue weighted by atomic mass is 10.0. The first kappa shape index (κ1) is 21.2. The molecule has 1 aliphatic carbocycles. The molecule has 2 heterocycles. The van der Waals surface area contributed by atoms with Gasteiger partial charge in [0.1, 0.15) is 29.0 Å². The van der Waals surface area contributed by atoms with Crippen molar-refractivity contribution in [2.24, 2.45) is 5.92 Å². The standard InChI is InChI=1S/C26H28N4O3/c1-15-13-27-28-16(2)25(15)17(3)33-20-7-8-24-23(12-20)26(30-29-24)19-9-21(31-4)11-22(10-19)32-14-18-5-6-18/h7-13,17-18H,5-6,14H2,1-4H3,(H,29,30)/t17-/m1/s1. The van der Waals surface area contributed by atoms with Gasteiger partial charge in [0.05, 0.1) is 31.1 Å². The van der Waals surface area contributed by atoms with Gasteiger partial charge in [-0.2, -0.15) is 15.3 Å². The Morgan fingerprint density at radius 2 is 1.88 bits per heavy atom. The summed E-state index contributed by atoms with van der Waals surface area (Å²) in [6.45, 7) is 6.76. The minimum absolute atomic E-state index is 0.160. The van der Waals surface area contributed by atoms with E-state index in [0.717, 1.165) is 62.8 Å². The van der Waals surface area contributed by atoms with Crippen LogP contribution in [0.5, 0.6) is 17.2 Å². The fourth-order valence-corrected chi connectivity index (χ4v) is 4.18. The second-order valence-electron chi connectivity index (χ2n) is 8.72. The van der Waals surface area contributed by atoms with Crippen LogP contribution in [0.2, 0.25) is 0 Å². The van der Waals surface area contributed by atoms with E-state index in [1.165, 1.54) is 12.8 Å². The smallest absolute Gasteiger partial charge is 0.123 e. The van der Waals surface area contributed by atoms with E-state index in [9.17, 15) is 0 Å². The molecular formula is C26H28N4O3. The van der Waals surface area contributed by atoms with Gasteiger partial charge in [-0.15, -0.1) is 0 Å². The number of nitrogens with one attached hydrogen (secondary N) is 1. The number of fused-ring (bicyclic) bond motifs is 1. The van der Waals surface area contributed by atoms with Crippen molar-refractivity contribution in [1.29, 1.82) is 0 Å². The number of methoxy groups -OCH3 is 1. The average Bonchev–Trinajstić information content (AvgIpc) is 3.54. The highest BCUT2D eigenvalue weighted by atomic mass is 16.5. The lowest BCUT2D eigenvalue weighted by molar-refractivity contribution is 0.225. The van der Waals surface area contributed by atoms with Gasteiger partial charge in [-0.3, -0.25) is 5.10 Å². The van der Waals surface area contributed by atoms with E-state index in [1.54, 1.807) is 13.3 Å². The minimum atomic E-state index is -0.160. The number of hydrogen-bond acceptors (Lipinski definition) is 6. The summed E-state index contributed by atoms with van der Waals surface area (Å²) in [6, 6.07) is 11.9. The highest BCUT2D eigenvalue weighted by Gasteiger charge is 2.22. The van der Waals surface area contributed by atoms with Crippen molar-refractivity contribution in [1.82, 2.24) is 20.4 Å². The van der Waals surface area contributed by atoms with Crippen LogP contribution in [-0.4, -0.2) is 34.1 Å². The number of aryl methyl sites for hydroxylation is 2. The maximum atomic E-state index is 6.31. The monoisotopic (exact) mass is 444 g/mol. The predicted octanol–water partition coefficient (Wildman–Crippen LogP) is 5.57. The first-order valence-corrected chi connectivity index (χ1v) is 11.3. The van der Waals surface area contributed by atoms with Crippen LogP contribution in [0.3, 0.4) is 0 Å². The Morgan fingerprint density at radius 1 is 1.06 bits per heavy atom. The number of H-pyrrole nitrogens is 1. The summed E-state index contributed by atoms with van der Waals surface area (Å²) in [5, 5.41) is 16.9. The number of hydrogen-bond donors (Lipinski definition) is 1. The maximum absolute atomic E-state index is 6.31. The Kier molecular flexibility index (Phi) is 5.62. The Bertz CT molecular complexity index is 1280. The van der Waals surface area contributed by atoms with E-state index in [1.807, 2.05) is 57.2 Å². The molecule has 0 aliphatic heterocycles. The molecule has 5 rings (SSSR count). The molecule has 0 bridgehead atoms. The predicted molar refractivity (Wildman–Crippen MR) is 127 cm³/mol. The SMILES string of the molecule is COc1cc(OCC2CC2)cc(-c2n[nH]c3ccc(O[C@H](C)c4c(C)cnnc4C)cc23)c1. The van der Waals surface area contributed by atoms with Gasteiger partial charge in [0.2, 0.25) is 0 Å². The number of ether oxygens (including phenoxy) is 3. The zero-order valence-corrected chi connectivity index (χ0v) is 19.4. The summed E-state index contributed by atoms with van der Waals surface area (Å²) < 4.78 is 17.9. The van der Waals surface area contributed by atoms with Crippen molar-refractivity contribution in [3.8, 4) is 28.5 Å². The molecule has 1 N–H and O–H groups in total. The summed E-state index contributed by atoms with van der Waals surface area (Å²) >= 11 is 0. The van der Waals surface area contributed by atoms with Gasteiger partial charge in [0.15, 0.2) is 0 Å². The van der Waals surface area contributed by atoms with Crippen molar-refractivity contribution in [2.75, 3.05) is 13.7 Å². The first-order valence-electron chi connectivity index (χ1n) is 11.3. The van der Waals surface area contributed by atoms with Crippen LogP contribution >= 0.6 is 0 Å². The molecule has 0 amide bonds. The fourth-order valence-electron chi connectivity index (χ4n) is 4.18. The zero-order valence-electron chi connectivity index (χ0n) is 19.4. The van der Waals surface area contributed by atoms with Crippen LogP contribution in [0, 0.1) is 19.8 Å². The molecule has 2 aromatic heterocycles. The maximum Gasteiger partial charge on any atom is 0.123 e. The number of benzene rings is 2. The molecule has 0 saturated heterocycles. The molecular weight excluding hydrogens is 416 g/mol. The quantitative estimate of drug-likeness (QED) is 0.382. The van der Waals surface area contributed by atoms with E-state index >= 15 is 0 Å². The van der Waals surface area contributed by atoms with Crippen LogP contribution in [0.1, 0.15) is 42.7 Å². The van der Waals surface area contributed by atoms with E-state index in [2.05, 4.69) is 20.4 Å². The van der Waals surface area contributed by atoms with Crippen molar-refractivity contribution in [2.45, 2.75) is 39.7 Å². The van der Waals surface area contributed by atoms with E-state index in [-0.39, 0.29) is 6.10 Å². The van der Waals surface area contributed by atoms with Gasteiger partial charge in [-0.1, -0.05) is 0 Å². The second kappa shape index (κ2) is 8.73. The minimum Gasteiger partial charge on any atom is -0.497 e. The third-order valence-corrected chi connectivity index (χ3v) is 6.10. The topological polar surface area (TPSA) is 82.2 Å². The summed E-state index contributed by atoms with van der Waals surface area (Å²) in [5.41, 5.74) is 5.70. The van der Waals surface area contributed by atoms with Crippen LogP contribution < -0.4 is 14.2 Å². The van der Waals surface area contributed by atoms with Crippen LogP contribution in [-0.2, 0) is 0 Å². The molecule has 1 atom stereocenters. The van der Waals surface area contributed by atoms with Crippen molar-refractivity contribution < 1.29 is 14.2 Å². The molecule has 1 saturated carbocycles. The highest BCUT2D eigenvalue weighted by Crippen LogP contribution is 2.36. The number of rotatable bonds is 8.